The summed E-state index contributed by atoms with van der Waals surface area (Å²) < 4.78 is 22.7. The number of benzene rings is 9. The summed E-state index contributed by atoms with van der Waals surface area (Å²) in [5.41, 5.74) is 19.0. The second-order valence-electron chi connectivity index (χ2n) is 26.6. The minimum atomic E-state index is -0.207. The lowest BCUT2D eigenvalue weighted by Crippen LogP contribution is -2.58. The van der Waals surface area contributed by atoms with E-state index >= 15 is 0 Å². The van der Waals surface area contributed by atoms with E-state index in [4.69, 9.17) is 9.15 Å². The zero-order chi connectivity index (χ0) is 54.4. The van der Waals surface area contributed by atoms with Crippen LogP contribution in [0.2, 0.25) is 0 Å². The number of hydrogen-bond donors (Lipinski definition) is 0. The van der Waals surface area contributed by atoms with Crippen LogP contribution in [0, 0.1) is 0 Å². The maximum absolute atomic E-state index is 8.03. The van der Waals surface area contributed by atoms with E-state index in [-0.39, 0.29) is 28.4 Å². The zero-order valence-electron chi connectivity index (χ0n) is 47.3. The smallest absolute Gasteiger partial charge is 0.269 e. The molecule has 0 unspecified atom stereocenters. The van der Waals surface area contributed by atoms with Gasteiger partial charge in [0, 0.05) is 59.2 Å². The van der Waals surface area contributed by atoms with Gasteiger partial charge in [-0.15, -0.1) is 11.3 Å². The molecule has 7 heteroatoms. The van der Waals surface area contributed by atoms with E-state index in [1.165, 1.54) is 64.3 Å². The van der Waals surface area contributed by atoms with Crippen molar-refractivity contribution in [1.82, 2.24) is 9.13 Å². The van der Waals surface area contributed by atoms with Gasteiger partial charge in [-0.3, -0.25) is 0 Å². The summed E-state index contributed by atoms with van der Waals surface area (Å²) in [5.74, 6) is 1.70. The number of hydrogen-bond acceptors (Lipinski definition) is 4. The third kappa shape index (κ3) is 7.07. The van der Waals surface area contributed by atoms with Crippen molar-refractivity contribution in [2.75, 3.05) is 4.90 Å². The summed E-state index contributed by atoms with van der Waals surface area (Å²) in [6.07, 6.45) is 0. The number of nitrogens with zero attached hydrogens (tertiary/aromatic N) is 3. The van der Waals surface area contributed by atoms with Crippen LogP contribution in [-0.4, -0.2) is 15.8 Å². The van der Waals surface area contributed by atoms with E-state index in [9.17, 15) is 0 Å². The predicted molar refractivity (Wildman–Crippen MR) is 338 cm³/mol. The van der Waals surface area contributed by atoms with Gasteiger partial charge in [-0.2, -0.15) is 0 Å². The molecular formula is C72H64BN3O2S. The molecule has 0 N–H and O–H groups in total. The predicted octanol–water partition coefficient (Wildman–Crippen LogP) is 18.6. The van der Waals surface area contributed by atoms with Crippen LogP contribution in [0.5, 0.6) is 11.5 Å². The van der Waals surface area contributed by atoms with E-state index in [0.717, 1.165) is 89.2 Å². The molecule has 0 spiro atoms. The molecule has 2 aliphatic rings. The molecule has 0 aliphatic carbocycles. The Morgan fingerprint density at radius 1 is 0.418 bits per heavy atom. The Kier molecular flexibility index (Phi) is 9.94. The van der Waals surface area contributed by atoms with Crippen LogP contribution in [0.25, 0.3) is 87.0 Å². The molecule has 0 atom stereocenters. The molecule has 5 nitrogen and oxygen atoms in total. The molecule has 388 valence electrons. The van der Waals surface area contributed by atoms with Gasteiger partial charge in [0.15, 0.2) is 0 Å². The Morgan fingerprint density at radius 2 is 0.937 bits per heavy atom. The SMILES string of the molecule is CC(C)(C)c1ccc(N2c3cc(-n4c5ccccc5c5ccccc54)cc4c3B(c3cc5oc6ccccc6c5c(-n5c6ccc(C(C)(C)C)cc6c6cc(C(C)(C)C)ccc65)c3O4)c3sc4ccc(C(C)(C)C)cc4c32)cc1. The monoisotopic (exact) mass is 1050 g/mol. The first-order valence-corrected chi connectivity index (χ1v) is 28.9. The quantitative estimate of drug-likeness (QED) is 0.165. The van der Waals surface area contributed by atoms with Crippen LogP contribution < -0.4 is 25.3 Å². The number of thiophene rings is 1. The fraction of sp³-hybridized carbons (Fsp3) is 0.222. The highest BCUT2D eigenvalue weighted by atomic mass is 32.1. The molecule has 2 aliphatic heterocycles. The molecule has 15 rings (SSSR count). The van der Waals surface area contributed by atoms with E-state index < -0.39 is 0 Å². The second kappa shape index (κ2) is 16.3. The Hall–Kier alpha value is -8.00. The van der Waals surface area contributed by atoms with Gasteiger partial charge in [0.2, 0.25) is 0 Å². The zero-order valence-corrected chi connectivity index (χ0v) is 48.1. The summed E-state index contributed by atoms with van der Waals surface area (Å²) >= 11 is 1.92. The molecule has 0 fully saturated rings. The third-order valence-electron chi connectivity index (χ3n) is 17.4. The fourth-order valence-corrected chi connectivity index (χ4v) is 14.4. The summed E-state index contributed by atoms with van der Waals surface area (Å²) in [4.78, 5) is 2.57. The van der Waals surface area contributed by atoms with Gasteiger partial charge in [-0.1, -0.05) is 168 Å². The number of fused-ring (bicyclic) bond motifs is 15. The first-order valence-electron chi connectivity index (χ1n) is 28.1. The van der Waals surface area contributed by atoms with Crippen LogP contribution in [0.4, 0.5) is 17.1 Å². The van der Waals surface area contributed by atoms with E-state index in [0.29, 0.717) is 0 Å². The number of ether oxygens (including phenoxy) is 1. The van der Waals surface area contributed by atoms with Crippen LogP contribution in [0.15, 0.2) is 174 Å². The first-order chi connectivity index (χ1) is 37.7. The molecular weight excluding hydrogens is 982 g/mol. The number of rotatable bonds is 3. The van der Waals surface area contributed by atoms with Crippen molar-refractivity contribution in [2.24, 2.45) is 0 Å². The largest absolute Gasteiger partial charge is 0.456 e. The summed E-state index contributed by atoms with van der Waals surface area (Å²) in [6, 6.07) is 64.2. The van der Waals surface area contributed by atoms with Gasteiger partial charge < -0.3 is 23.2 Å². The lowest BCUT2D eigenvalue weighted by atomic mass is 9.37. The van der Waals surface area contributed by atoms with E-state index in [1.54, 1.807) is 0 Å². The topological polar surface area (TPSA) is 35.5 Å². The third-order valence-corrected chi connectivity index (χ3v) is 18.6. The number of para-hydroxylation sites is 3. The average molecular weight is 1050 g/mol. The molecule has 0 bridgehead atoms. The Balaban J connectivity index is 1.11. The fourth-order valence-electron chi connectivity index (χ4n) is 13.1. The van der Waals surface area contributed by atoms with Gasteiger partial charge in [0.1, 0.15) is 28.4 Å². The molecule has 4 aromatic heterocycles. The Morgan fingerprint density at radius 3 is 1.53 bits per heavy atom. The van der Waals surface area contributed by atoms with Gasteiger partial charge in [-0.05, 0) is 134 Å². The van der Waals surface area contributed by atoms with Crippen molar-refractivity contribution in [3.05, 3.63) is 192 Å². The molecule has 79 heavy (non-hydrogen) atoms. The maximum Gasteiger partial charge on any atom is 0.269 e. The second-order valence-corrected chi connectivity index (χ2v) is 27.7. The number of anilines is 3. The molecule has 6 heterocycles. The molecule has 0 amide bonds. The van der Waals surface area contributed by atoms with Crippen molar-refractivity contribution in [3.8, 4) is 22.9 Å². The summed E-state index contributed by atoms with van der Waals surface area (Å²) in [7, 11) is 0. The Bertz CT molecular complexity index is 4620. The highest BCUT2D eigenvalue weighted by Crippen LogP contribution is 2.52. The molecule has 0 saturated heterocycles. The lowest BCUT2D eigenvalue weighted by Gasteiger charge is -2.39. The van der Waals surface area contributed by atoms with Crippen molar-refractivity contribution in [2.45, 2.75) is 105 Å². The lowest BCUT2D eigenvalue weighted by molar-refractivity contribution is 0.486. The van der Waals surface area contributed by atoms with Crippen LogP contribution in [0.1, 0.15) is 105 Å². The average Bonchev–Trinajstić information content (AvgIpc) is 3.36. The minimum Gasteiger partial charge on any atom is -0.456 e. The van der Waals surface area contributed by atoms with Crippen molar-refractivity contribution in [1.29, 1.82) is 0 Å². The van der Waals surface area contributed by atoms with Crippen LogP contribution in [-0.2, 0) is 21.7 Å². The number of furan rings is 1. The van der Waals surface area contributed by atoms with Gasteiger partial charge in [-0.25, -0.2) is 0 Å². The van der Waals surface area contributed by atoms with Crippen molar-refractivity contribution in [3.63, 3.8) is 0 Å². The first kappa shape index (κ1) is 48.2. The highest BCUT2D eigenvalue weighted by Gasteiger charge is 2.47. The van der Waals surface area contributed by atoms with Crippen molar-refractivity contribution >= 4 is 126 Å². The van der Waals surface area contributed by atoms with Crippen molar-refractivity contribution < 1.29 is 9.15 Å². The van der Waals surface area contributed by atoms with Crippen LogP contribution in [0.3, 0.4) is 0 Å². The highest BCUT2D eigenvalue weighted by molar-refractivity contribution is 7.33. The van der Waals surface area contributed by atoms with E-state index in [1.807, 2.05) is 11.3 Å². The molecule has 0 radical (unpaired) electrons. The van der Waals surface area contributed by atoms with Crippen LogP contribution >= 0.6 is 11.3 Å². The van der Waals surface area contributed by atoms with Gasteiger partial charge in [0.05, 0.1) is 38.8 Å². The maximum atomic E-state index is 8.03. The number of aromatic nitrogens is 2. The Labute approximate surface area is 466 Å². The normalized spacial score (nSPS) is 13.9. The standard InChI is InChI=1S/C72H64BN3O2S/c1-69(2,3)41-25-30-45(31-26-41)75-58-38-46(74-54-22-16-13-19-47(54)48-20-14-17-23-55(48)74)39-61-64(58)73(68-65(75)52-37-44(72(10,11)12)29-34-62(52)79-68)53-40-60-63(49-21-15-18-24-59(49)77-60)66(67(53)78-61)76-56-32-27-42(70(4,5)6)35-50(56)51-36-43(71(7,8)9)28-33-57(51)76/h13-40H,1-12H3. The van der Waals surface area contributed by atoms with Gasteiger partial charge >= 0.3 is 0 Å². The molecule has 13 aromatic rings. The minimum absolute atomic E-state index is 0.0135. The summed E-state index contributed by atoms with van der Waals surface area (Å²) in [6.45, 7) is 27.5. The summed E-state index contributed by atoms with van der Waals surface area (Å²) in [5, 5.41) is 8.25. The molecule has 9 aromatic carbocycles. The van der Waals surface area contributed by atoms with E-state index in [2.05, 4.69) is 267 Å². The van der Waals surface area contributed by atoms with Gasteiger partial charge in [0.25, 0.3) is 6.71 Å². The molecule has 0 saturated carbocycles.